The van der Waals surface area contributed by atoms with Crippen molar-refractivity contribution < 1.29 is 0 Å². The van der Waals surface area contributed by atoms with Gasteiger partial charge >= 0.3 is 0 Å². The molecule has 0 aromatic carbocycles. The molecule has 2 rings (SSSR count). The quantitative estimate of drug-likeness (QED) is 0.825. The Morgan fingerprint density at radius 1 is 1.47 bits per heavy atom. The minimum Gasteiger partial charge on any atom is -0.327 e. The molecule has 2 N–H and O–H groups in total. The Hall–Kier alpha value is -1.42. The molecule has 2 heterocycles. The number of nitrogens with two attached hydrogens (primary N) is 1. The van der Waals surface area contributed by atoms with Gasteiger partial charge in [0.2, 0.25) is 0 Å². The normalized spacial score (nSPS) is 11.5. The highest BCUT2D eigenvalue weighted by molar-refractivity contribution is 5.74. The molecule has 0 aliphatic heterocycles. The highest BCUT2D eigenvalue weighted by atomic mass is 15.1. The largest absolute Gasteiger partial charge is 0.327 e. The van der Waals surface area contributed by atoms with Crippen LogP contribution in [0.15, 0.2) is 18.5 Å². The molecular weight excluding hydrogens is 188 g/mol. The third kappa shape index (κ3) is 1.85. The Balaban J connectivity index is 2.56. The van der Waals surface area contributed by atoms with E-state index in [4.69, 9.17) is 5.73 Å². The van der Waals surface area contributed by atoms with E-state index in [2.05, 4.69) is 28.4 Å². The number of aromatic nitrogens is 3. The fraction of sp³-hybridized carbons (Fsp3) is 0.455. The van der Waals surface area contributed by atoms with Gasteiger partial charge in [-0.1, -0.05) is 13.8 Å². The molecule has 0 fully saturated rings. The molecule has 0 radical (unpaired) electrons. The van der Waals surface area contributed by atoms with Gasteiger partial charge in [-0.25, -0.2) is 4.98 Å². The van der Waals surface area contributed by atoms with Crippen molar-refractivity contribution in [2.45, 2.75) is 26.9 Å². The SMILES string of the molecule is CC(C)Cn1c(CN)nc2cnccc21. The zero-order valence-corrected chi connectivity index (χ0v) is 9.14. The van der Waals surface area contributed by atoms with E-state index in [-0.39, 0.29) is 0 Å². The first-order valence-corrected chi connectivity index (χ1v) is 5.21. The molecule has 4 heteroatoms. The Morgan fingerprint density at radius 2 is 2.27 bits per heavy atom. The summed E-state index contributed by atoms with van der Waals surface area (Å²) in [6.45, 7) is 5.80. The summed E-state index contributed by atoms with van der Waals surface area (Å²) in [5, 5.41) is 0. The molecule has 0 atom stereocenters. The summed E-state index contributed by atoms with van der Waals surface area (Å²) in [6, 6.07) is 1.99. The van der Waals surface area contributed by atoms with Gasteiger partial charge in [-0.3, -0.25) is 4.98 Å². The molecule has 0 saturated heterocycles. The molecule has 0 saturated carbocycles. The number of rotatable bonds is 3. The van der Waals surface area contributed by atoms with Crippen LogP contribution in [0, 0.1) is 5.92 Å². The Bertz CT molecular complexity index is 459. The second-order valence-electron chi connectivity index (χ2n) is 4.10. The predicted molar refractivity (Wildman–Crippen MR) is 60.3 cm³/mol. The summed E-state index contributed by atoms with van der Waals surface area (Å²) in [6.07, 6.45) is 3.58. The first-order valence-electron chi connectivity index (χ1n) is 5.21. The van der Waals surface area contributed by atoms with Crippen molar-refractivity contribution in [2.75, 3.05) is 0 Å². The zero-order valence-electron chi connectivity index (χ0n) is 9.14. The molecule has 0 bridgehead atoms. The number of nitrogens with zero attached hydrogens (tertiary/aromatic N) is 3. The van der Waals surface area contributed by atoms with E-state index >= 15 is 0 Å². The van der Waals surface area contributed by atoms with E-state index in [1.54, 1.807) is 12.4 Å². The maximum atomic E-state index is 5.69. The number of fused-ring (bicyclic) bond motifs is 1. The van der Waals surface area contributed by atoms with Crippen LogP contribution in [0.25, 0.3) is 11.0 Å². The van der Waals surface area contributed by atoms with E-state index < -0.39 is 0 Å². The van der Waals surface area contributed by atoms with Crippen molar-refractivity contribution >= 4 is 11.0 Å². The number of hydrogen-bond acceptors (Lipinski definition) is 3. The van der Waals surface area contributed by atoms with E-state index in [9.17, 15) is 0 Å². The highest BCUT2D eigenvalue weighted by Crippen LogP contribution is 2.16. The topological polar surface area (TPSA) is 56.7 Å². The van der Waals surface area contributed by atoms with Crippen LogP contribution in [-0.4, -0.2) is 14.5 Å². The monoisotopic (exact) mass is 204 g/mol. The molecular formula is C11H16N4. The molecule has 0 aliphatic rings. The summed E-state index contributed by atoms with van der Waals surface area (Å²) in [4.78, 5) is 8.52. The fourth-order valence-corrected chi connectivity index (χ4v) is 1.76. The van der Waals surface area contributed by atoms with Crippen molar-refractivity contribution in [1.82, 2.24) is 14.5 Å². The zero-order chi connectivity index (χ0) is 10.8. The molecule has 15 heavy (non-hydrogen) atoms. The van der Waals surface area contributed by atoms with E-state index in [0.29, 0.717) is 12.5 Å². The van der Waals surface area contributed by atoms with Gasteiger partial charge in [-0.15, -0.1) is 0 Å². The van der Waals surface area contributed by atoms with Crippen LogP contribution < -0.4 is 5.73 Å². The average molecular weight is 204 g/mol. The molecule has 2 aromatic heterocycles. The molecule has 4 nitrogen and oxygen atoms in total. The predicted octanol–water partition coefficient (Wildman–Crippen LogP) is 1.55. The standard InChI is InChI=1S/C11H16N4/c1-8(2)7-15-10-3-4-13-6-9(10)14-11(15)5-12/h3-4,6,8H,5,7,12H2,1-2H3. The smallest absolute Gasteiger partial charge is 0.123 e. The minimum atomic E-state index is 0.474. The number of hydrogen-bond donors (Lipinski definition) is 1. The third-order valence-electron chi connectivity index (χ3n) is 2.36. The van der Waals surface area contributed by atoms with E-state index in [0.717, 1.165) is 23.4 Å². The number of pyridine rings is 1. The lowest BCUT2D eigenvalue weighted by Gasteiger charge is -2.10. The van der Waals surface area contributed by atoms with Crippen LogP contribution in [0.4, 0.5) is 0 Å². The highest BCUT2D eigenvalue weighted by Gasteiger charge is 2.09. The van der Waals surface area contributed by atoms with Crippen molar-refractivity contribution in [2.24, 2.45) is 11.7 Å². The summed E-state index contributed by atoms with van der Waals surface area (Å²) < 4.78 is 2.18. The summed E-state index contributed by atoms with van der Waals surface area (Å²) >= 11 is 0. The minimum absolute atomic E-state index is 0.474. The van der Waals surface area contributed by atoms with Gasteiger partial charge in [0.25, 0.3) is 0 Å². The molecule has 80 valence electrons. The lowest BCUT2D eigenvalue weighted by molar-refractivity contribution is 0.517. The Kier molecular flexibility index (Phi) is 2.68. The van der Waals surface area contributed by atoms with Gasteiger partial charge < -0.3 is 10.3 Å². The van der Waals surface area contributed by atoms with Crippen LogP contribution in [-0.2, 0) is 13.1 Å². The number of imidazole rings is 1. The summed E-state index contributed by atoms with van der Waals surface area (Å²) in [5.74, 6) is 1.52. The van der Waals surface area contributed by atoms with Gasteiger partial charge in [0.15, 0.2) is 0 Å². The molecule has 0 spiro atoms. The third-order valence-corrected chi connectivity index (χ3v) is 2.36. The van der Waals surface area contributed by atoms with Crippen LogP contribution in [0.2, 0.25) is 0 Å². The van der Waals surface area contributed by atoms with E-state index in [1.807, 2.05) is 6.07 Å². The van der Waals surface area contributed by atoms with Crippen molar-refractivity contribution in [1.29, 1.82) is 0 Å². The molecule has 0 aliphatic carbocycles. The van der Waals surface area contributed by atoms with Gasteiger partial charge in [0, 0.05) is 12.7 Å². The van der Waals surface area contributed by atoms with Crippen LogP contribution >= 0.6 is 0 Å². The first kappa shape index (κ1) is 10.1. The van der Waals surface area contributed by atoms with Gasteiger partial charge in [-0.2, -0.15) is 0 Å². The molecule has 2 aromatic rings. The molecule has 0 amide bonds. The maximum Gasteiger partial charge on any atom is 0.123 e. The van der Waals surface area contributed by atoms with E-state index in [1.165, 1.54) is 0 Å². The van der Waals surface area contributed by atoms with Gasteiger partial charge in [0.05, 0.1) is 18.3 Å². The fourth-order valence-electron chi connectivity index (χ4n) is 1.76. The van der Waals surface area contributed by atoms with Crippen LogP contribution in [0.1, 0.15) is 19.7 Å². The Morgan fingerprint density at radius 3 is 2.93 bits per heavy atom. The average Bonchev–Trinajstić information content (AvgIpc) is 2.56. The van der Waals surface area contributed by atoms with Gasteiger partial charge in [0.1, 0.15) is 11.3 Å². The summed E-state index contributed by atoms with van der Waals surface area (Å²) in [7, 11) is 0. The maximum absolute atomic E-state index is 5.69. The Labute approximate surface area is 89.1 Å². The second kappa shape index (κ2) is 3.98. The first-order chi connectivity index (χ1) is 7.22. The van der Waals surface area contributed by atoms with Crippen molar-refractivity contribution in [3.8, 4) is 0 Å². The van der Waals surface area contributed by atoms with Gasteiger partial charge in [-0.05, 0) is 12.0 Å². The lowest BCUT2D eigenvalue weighted by atomic mass is 10.2. The van der Waals surface area contributed by atoms with Crippen LogP contribution in [0.3, 0.4) is 0 Å². The van der Waals surface area contributed by atoms with Crippen molar-refractivity contribution in [3.05, 3.63) is 24.3 Å². The van der Waals surface area contributed by atoms with Crippen molar-refractivity contribution in [3.63, 3.8) is 0 Å². The summed E-state index contributed by atoms with van der Waals surface area (Å²) in [5.41, 5.74) is 7.74. The second-order valence-corrected chi connectivity index (χ2v) is 4.10. The lowest BCUT2D eigenvalue weighted by Crippen LogP contribution is -2.11. The van der Waals surface area contributed by atoms with Crippen LogP contribution in [0.5, 0.6) is 0 Å². The molecule has 0 unspecified atom stereocenters.